The fourth-order valence-electron chi connectivity index (χ4n) is 3.98. The lowest BCUT2D eigenvalue weighted by atomic mass is 10.1. The normalized spacial score (nSPS) is 14.3. The van der Waals surface area contributed by atoms with Gasteiger partial charge in [-0.05, 0) is 49.6 Å². The quantitative estimate of drug-likeness (QED) is 0.652. The van der Waals surface area contributed by atoms with Crippen molar-refractivity contribution < 1.29 is 4.79 Å². The molecule has 7 heteroatoms. The molecule has 2 aromatic carbocycles. The molecular formula is C23H27N5O2. The zero-order valence-corrected chi connectivity index (χ0v) is 17.5. The number of aryl methyl sites for hydroxylation is 2. The van der Waals surface area contributed by atoms with E-state index in [-0.39, 0.29) is 11.5 Å². The molecule has 1 aliphatic heterocycles. The minimum Gasteiger partial charge on any atom is -0.368 e. The second-order valence-electron chi connectivity index (χ2n) is 7.83. The van der Waals surface area contributed by atoms with Crippen molar-refractivity contribution >= 4 is 22.5 Å². The van der Waals surface area contributed by atoms with E-state index < -0.39 is 0 Å². The second-order valence-corrected chi connectivity index (χ2v) is 7.83. The van der Waals surface area contributed by atoms with Gasteiger partial charge in [-0.15, -0.1) is 5.10 Å². The van der Waals surface area contributed by atoms with Gasteiger partial charge >= 0.3 is 0 Å². The van der Waals surface area contributed by atoms with Crippen LogP contribution in [0.4, 0.5) is 5.69 Å². The lowest BCUT2D eigenvalue weighted by Gasteiger charge is -2.37. The van der Waals surface area contributed by atoms with E-state index in [1.165, 1.54) is 21.5 Å². The van der Waals surface area contributed by atoms with Gasteiger partial charge in [0.15, 0.2) is 0 Å². The van der Waals surface area contributed by atoms with Gasteiger partial charge < -0.3 is 9.80 Å². The number of piperazine rings is 1. The first-order valence-electron chi connectivity index (χ1n) is 10.5. The largest absolute Gasteiger partial charge is 0.368 e. The SMILES string of the molecule is Cc1cccc(N2CCN(C(=O)CCCn3nnc4ccccc4c3=O)CC2)c1C. The van der Waals surface area contributed by atoms with E-state index in [1.807, 2.05) is 17.0 Å². The van der Waals surface area contributed by atoms with Gasteiger partial charge in [-0.2, -0.15) is 0 Å². The highest BCUT2D eigenvalue weighted by Gasteiger charge is 2.22. The van der Waals surface area contributed by atoms with Crippen molar-refractivity contribution in [3.05, 3.63) is 63.9 Å². The predicted octanol–water partition coefficient (Wildman–Crippen LogP) is 2.54. The molecule has 0 radical (unpaired) electrons. The van der Waals surface area contributed by atoms with Crippen LogP contribution >= 0.6 is 0 Å². The Morgan fingerprint density at radius 1 is 1.00 bits per heavy atom. The van der Waals surface area contributed by atoms with E-state index in [0.29, 0.717) is 30.3 Å². The van der Waals surface area contributed by atoms with E-state index in [0.717, 1.165) is 26.2 Å². The number of amides is 1. The third-order valence-electron chi connectivity index (χ3n) is 5.94. The Bertz CT molecular complexity index is 1120. The first kappa shape index (κ1) is 20.1. The van der Waals surface area contributed by atoms with Crippen molar-refractivity contribution in [2.75, 3.05) is 31.1 Å². The van der Waals surface area contributed by atoms with Crippen LogP contribution in [0.15, 0.2) is 47.3 Å². The average Bonchev–Trinajstić information content (AvgIpc) is 2.77. The van der Waals surface area contributed by atoms with E-state index in [2.05, 4.69) is 47.3 Å². The molecule has 1 aliphatic rings. The summed E-state index contributed by atoms with van der Waals surface area (Å²) in [7, 11) is 0. The van der Waals surface area contributed by atoms with Crippen molar-refractivity contribution in [3.8, 4) is 0 Å². The fourth-order valence-corrected chi connectivity index (χ4v) is 3.98. The number of benzene rings is 2. The Balaban J connectivity index is 1.30. The number of carbonyl (C=O) groups excluding carboxylic acids is 1. The molecule has 0 saturated carbocycles. The third kappa shape index (κ3) is 4.06. The summed E-state index contributed by atoms with van der Waals surface area (Å²) in [5, 5.41) is 8.65. The summed E-state index contributed by atoms with van der Waals surface area (Å²) in [5.41, 5.74) is 4.29. The van der Waals surface area contributed by atoms with Gasteiger partial charge in [0.05, 0.1) is 5.39 Å². The van der Waals surface area contributed by atoms with Crippen LogP contribution in [-0.4, -0.2) is 52.0 Å². The highest BCUT2D eigenvalue weighted by atomic mass is 16.2. The van der Waals surface area contributed by atoms with Gasteiger partial charge in [-0.25, -0.2) is 4.68 Å². The molecule has 0 unspecified atom stereocenters. The third-order valence-corrected chi connectivity index (χ3v) is 5.94. The molecule has 1 amide bonds. The Hall–Kier alpha value is -3.22. The molecule has 0 bridgehead atoms. The molecule has 1 saturated heterocycles. The van der Waals surface area contributed by atoms with E-state index in [1.54, 1.807) is 12.1 Å². The number of hydrogen-bond donors (Lipinski definition) is 0. The molecule has 30 heavy (non-hydrogen) atoms. The minimum atomic E-state index is -0.157. The molecule has 0 aliphatic carbocycles. The summed E-state index contributed by atoms with van der Waals surface area (Å²) in [4.78, 5) is 29.4. The summed E-state index contributed by atoms with van der Waals surface area (Å²) >= 11 is 0. The maximum atomic E-state index is 12.6. The minimum absolute atomic E-state index is 0.136. The molecule has 156 valence electrons. The molecule has 0 spiro atoms. The predicted molar refractivity (Wildman–Crippen MR) is 118 cm³/mol. The number of nitrogens with zero attached hydrogens (tertiary/aromatic N) is 5. The van der Waals surface area contributed by atoms with Gasteiger partial charge in [0.25, 0.3) is 5.56 Å². The number of anilines is 1. The van der Waals surface area contributed by atoms with Gasteiger partial charge in [0.1, 0.15) is 5.52 Å². The lowest BCUT2D eigenvalue weighted by molar-refractivity contribution is -0.131. The first-order valence-corrected chi connectivity index (χ1v) is 10.5. The average molecular weight is 406 g/mol. The number of rotatable bonds is 5. The van der Waals surface area contributed by atoms with Crippen LogP contribution < -0.4 is 10.5 Å². The summed E-state index contributed by atoms with van der Waals surface area (Å²) in [6.45, 7) is 7.80. The monoisotopic (exact) mass is 405 g/mol. The Morgan fingerprint density at radius 3 is 2.57 bits per heavy atom. The fraction of sp³-hybridized carbons (Fsp3) is 0.391. The number of aromatic nitrogens is 3. The Morgan fingerprint density at radius 2 is 1.77 bits per heavy atom. The summed E-state index contributed by atoms with van der Waals surface area (Å²) in [6, 6.07) is 13.5. The molecule has 7 nitrogen and oxygen atoms in total. The van der Waals surface area contributed by atoms with Gasteiger partial charge in [0.2, 0.25) is 5.91 Å². The molecule has 3 aromatic rings. The van der Waals surface area contributed by atoms with Crippen LogP contribution in [-0.2, 0) is 11.3 Å². The van der Waals surface area contributed by atoms with Crippen molar-refractivity contribution in [2.45, 2.75) is 33.2 Å². The number of hydrogen-bond acceptors (Lipinski definition) is 5. The van der Waals surface area contributed by atoms with Crippen LogP contribution in [0.3, 0.4) is 0 Å². The van der Waals surface area contributed by atoms with Gasteiger partial charge in [0, 0.05) is 44.8 Å². The maximum Gasteiger partial charge on any atom is 0.277 e. The Kier molecular flexibility index (Phi) is 5.79. The molecule has 4 rings (SSSR count). The van der Waals surface area contributed by atoms with E-state index >= 15 is 0 Å². The van der Waals surface area contributed by atoms with Crippen molar-refractivity contribution in [1.82, 2.24) is 19.9 Å². The lowest BCUT2D eigenvalue weighted by Crippen LogP contribution is -2.49. The number of fused-ring (bicyclic) bond motifs is 1. The second kappa shape index (κ2) is 8.65. The standard InChI is InChI=1S/C23H27N5O2/c1-17-7-5-10-21(18(17)2)26-13-15-27(16-14-26)22(29)11-6-12-28-23(30)19-8-3-4-9-20(19)24-25-28/h3-5,7-10H,6,11-16H2,1-2H3. The van der Waals surface area contributed by atoms with Gasteiger partial charge in [-0.3, -0.25) is 9.59 Å². The maximum absolute atomic E-state index is 12.6. The molecule has 1 fully saturated rings. The van der Waals surface area contributed by atoms with Gasteiger partial charge in [-0.1, -0.05) is 29.5 Å². The molecular weight excluding hydrogens is 378 g/mol. The highest BCUT2D eigenvalue weighted by molar-refractivity contribution is 5.77. The van der Waals surface area contributed by atoms with E-state index in [4.69, 9.17) is 0 Å². The summed E-state index contributed by atoms with van der Waals surface area (Å²) in [6.07, 6.45) is 0.980. The van der Waals surface area contributed by atoms with E-state index in [9.17, 15) is 9.59 Å². The van der Waals surface area contributed by atoms with Crippen LogP contribution in [0.25, 0.3) is 10.9 Å². The Labute approximate surface area is 175 Å². The van der Waals surface area contributed by atoms with Crippen LogP contribution in [0.1, 0.15) is 24.0 Å². The summed E-state index contributed by atoms with van der Waals surface area (Å²) < 4.78 is 1.36. The smallest absolute Gasteiger partial charge is 0.277 e. The molecule has 0 N–H and O–H groups in total. The molecule has 0 atom stereocenters. The molecule has 2 heterocycles. The molecule has 1 aromatic heterocycles. The summed E-state index contributed by atoms with van der Waals surface area (Å²) in [5.74, 6) is 0.136. The topological polar surface area (TPSA) is 71.3 Å². The van der Waals surface area contributed by atoms with Crippen LogP contribution in [0.2, 0.25) is 0 Å². The van der Waals surface area contributed by atoms with Crippen molar-refractivity contribution in [1.29, 1.82) is 0 Å². The van der Waals surface area contributed by atoms with Crippen LogP contribution in [0.5, 0.6) is 0 Å². The first-order chi connectivity index (χ1) is 14.5. The zero-order valence-electron chi connectivity index (χ0n) is 17.5. The van der Waals surface area contributed by atoms with Crippen molar-refractivity contribution in [3.63, 3.8) is 0 Å². The van der Waals surface area contributed by atoms with Crippen LogP contribution in [0, 0.1) is 13.8 Å². The van der Waals surface area contributed by atoms with Crippen molar-refractivity contribution in [2.24, 2.45) is 0 Å². The zero-order chi connectivity index (χ0) is 21.1. The highest BCUT2D eigenvalue weighted by Crippen LogP contribution is 2.24. The number of carbonyl (C=O) groups is 1.